The first-order valence-corrected chi connectivity index (χ1v) is 7.83. The normalized spacial score (nSPS) is 10.6. The van der Waals surface area contributed by atoms with Crippen LogP contribution in [0.3, 0.4) is 0 Å². The van der Waals surface area contributed by atoms with Crippen LogP contribution in [-0.4, -0.2) is 58.8 Å². The molecular formula is C17H29N2O3+. The van der Waals surface area contributed by atoms with Gasteiger partial charge in [0.25, 0.3) is 5.91 Å². The van der Waals surface area contributed by atoms with Crippen LogP contribution in [0, 0.1) is 0 Å². The van der Waals surface area contributed by atoms with Crippen molar-refractivity contribution in [1.82, 2.24) is 4.90 Å². The highest BCUT2D eigenvalue weighted by Crippen LogP contribution is 2.28. The van der Waals surface area contributed by atoms with E-state index in [4.69, 9.17) is 9.47 Å². The molecule has 124 valence electrons. The molecule has 5 heteroatoms. The van der Waals surface area contributed by atoms with Crippen molar-refractivity contribution >= 4 is 5.91 Å². The van der Waals surface area contributed by atoms with Gasteiger partial charge in [0.05, 0.1) is 34.9 Å². The van der Waals surface area contributed by atoms with Crippen LogP contribution in [0.2, 0.25) is 0 Å². The van der Waals surface area contributed by atoms with E-state index in [9.17, 15) is 4.79 Å². The third kappa shape index (κ3) is 5.22. The Morgan fingerprint density at radius 2 is 1.82 bits per heavy atom. The Bertz CT molecular complexity index is 475. The summed E-state index contributed by atoms with van der Waals surface area (Å²) in [4.78, 5) is 16.0. The van der Waals surface area contributed by atoms with Crippen LogP contribution in [0.5, 0.6) is 11.5 Å². The summed E-state index contributed by atoms with van der Waals surface area (Å²) in [7, 11) is 7.42. The molecule has 1 aromatic carbocycles. The topological polar surface area (TPSA) is 43.2 Å². The van der Waals surface area contributed by atoms with Gasteiger partial charge in [-0.15, -0.1) is 0 Å². The van der Waals surface area contributed by atoms with Gasteiger partial charge >= 0.3 is 0 Å². The molecule has 1 rings (SSSR count). The molecule has 0 atom stereocenters. The van der Waals surface area contributed by atoms with Crippen molar-refractivity contribution in [3.63, 3.8) is 0 Å². The maximum absolute atomic E-state index is 12.7. The van der Waals surface area contributed by atoms with Crippen LogP contribution >= 0.6 is 0 Å². The Labute approximate surface area is 133 Å². The predicted molar refractivity (Wildman–Crippen MR) is 88.0 cm³/mol. The monoisotopic (exact) mass is 309 g/mol. The fraction of sp³-hybridized carbons (Fsp3) is 0.588. The van der Waals surface area contributed by atoms with E-state index in [1.165, 1.54) is 4.90 Å². The van der Waals surface area contributed by atoms with Crippen molar-refractivity contribution in [3.05, 3.63) is 23.8 Å². The van der Waals surface area contributed by atoms with Gasteiger partial charge in [0, 0.05) is 25.1 Å². The van der Waals surface area contributed by atoms with E-state index < -0.39 is 0 Å². The molecule has 0 fully saturated rings. The number of hydrogen-bond donors (Lipinski definition) is 1. The molecule has 0 radical (unpaired) electrons. The number of carbonyl (C=O) groups excluding carboxylic acids is 1. The summed E-state index contributed by atoms with van der Waals surface area (Å²) < 4.78 is 10.5. The van der Waals surface area contributed by atoms with Crippen molar-refractivity contribution in [2.75, 3.05) is 47.9 Å². The standard InChI is InChI=1S/C17H28N2O3/c1-6-10-19(12-7-11-18(2)3)17(20)14-8-9-15(21-4)16(13-14)22-5/h8-9,13H,6-7,10-12H2,1-5H3/p+1. The lowest BCUT2D eigenvalue weighted by Gasteiger charge is -2.23. The minimum absolute atomic E-state index is 0.0524. The van der Waals surface area contributed by atoms with Crippen LogP contribution < -0.4 is 14.4 Å². The zero-order valence-electron chi connectivity index (χ0n) is 14.4. The molecule has 1 amide bonds. The third-order valence-corrected chi connectivity index (χ3v) is 3.52. The molecule has 22 heavy (non-hydrogen) atoms. The lowest BCUT2D eigenvalue weighted by atomic mass is 10.1. The largest absolute Gasteiger partial charge is 0.493 e. The van der Waals surface area contributed by atoms with Gasteiger partial charge in [0.15, 0.2) is 11.5 Å². The molecule has 0 heterocycles. The van der Waals surface area contributed by atoms with Crippen molar-refractivity contribution in [2.45, 2.75) is 19.8 Å². The van der Waals surface area contributed by atoms with Crippen molar-refractivity contribution in [3.8, 4) is 11.5 Å². The van der Waals surface area contributed by atoms with E-state index in [-0.39, 0.29) is 5.91 Å². The van der Waals surface area contributed by atoms with Crippen molar-refractivity contribution in [1.29, 1.82) is 0 Å². The van der Waals surface area contributed by atoms with Gasteiger partial charge in [-0.3, -0.25) is 4.79 Å². The number of methoxy groups -OCH3 is 2. The third-order valence-electron chi connectivity index (χ3n) is 3.52. The van der Waals surface area contributed by atoms with E-state index in [1.807, 2.05) is 4.90 Å². The molecule has 0 saturated heterocycles. The average Bonchev–Trinajstić information content (AvgIpc) is 2.52. The highest BCUT2D eigenvalue weighted by atomic mass is 16.5. The van der Waals surface area contributed by atoms with Gasteiger partial charge in [0.2, 0.25) is 0 Å². The first kappa shape index (κ1) is 18.3. The van der Waals surface area contributed by atoms with E-state index in [1.54, 1.807) is 32.4 Å². The van der Waals surface area contributed by atoms with E-state index >= 15 is 0 Å². The van der Waals surface area contributed by atoms with Gasteiger partial charge in [-0.1, -0.05) is 6.92 Å². The summed E-state index contributed by atoms with van der Waals surface area (Å²) in [5.74, 6) is 1.27. The molecule has 0 spiro atoms. The Balaban J connectivity index is 2.84. The number of nitrogens with one attached hydrogen (secondary N) is 1. The van der Waals surface area contributed by atoms with Crippen LogP contribution in [0.4, 0.5) is 0 Å². The lowest BCUT2D eigenvalue weighted by molar-refractivity contribution is -0.858. The summed E-state index contributed by atoms with van der Waals surface area (Å²) in [6.07, 6.45) is 1.95. The zero-order valence-corrected chi connectivity index (χ0v) is 14.4. The Kier molecular flexibility index (Phi) is 7.74. The van der Waals surface area contributed by atoms with Crippen molar-refractivity contribution < 1.29 is 19.2 Å². The molecule has 0 aliphatic rings. The Morgan fingerprint density at radius 3 is 2.36 bits per heavy atom. The van der Waals surface area contributed by atoms with Gasteiger partial charge in [-0.25, -0.2) is 0 Å². The van der Waals surface area contributed by atoms with Gasteiger partial charge in [-0.05, 0) is 24.6 Å². The molecule has 0 bridgehead atoms. The smallest absolute Gasteiger partial charge is 0.253 e. The van der Waals surface area contributed by atoms with Crippen LogP contribution in [-0.2, 0) is 0 Å². The van der Waals surface area contributed by atoms with Gasteiger partial charge in [0.1, 0.15) is 0 Å². The number of quaternary nitrogens is 1. The number of benzene rings is 1. The lowest BCUT2D eigenvalue weighted by Crippen LogP contribution is -3.05. The van der Waals surface area contributed by atoms with E-state index in [0.717, 1.165) is 32.5 Å². The zero-order chi connectivity index (χ0) is 16.5. The van der Waals surface area contributed by atoms with E-state index in [0.29, 0.717) is 17.1 Å². The number of amides is 1. The second kappa shape index (κ2) is 9.30. The SMILES string of the molecule is CCCN(CCC[NH+](C)C)C(=O)c1ccc(OC)c(OC)c1. The van der Waals surface area contributed by atoms with Gasteiger partial charge in [-0.2, -0.15) is 0 Å². The predicted octanol–water partition coefficient (Wildman–Crippen LogP) is 1.09. The maximum atomic E-state index is 12.7. The fourth-order valence-electron chi connectivity index (χ4n) is 2.36. The first-order valence-electron chi connectivity index (χ1n) is 7.83. The molecular weight excluding hydrogens is 280 g/mol. The minimum Gasteiger partial charge on any atom is -0.493 e. The van der Waals surface area contributed by atoms with Crippen molar-refractivity contribution in [2.24, 2.45) is 0 Å². The quantitative estimate of drug-likeness (QED) is 0.742. The Morgan fingerprint density at radius 1 is 1.14 bits per heavy atom. The fourth-order valence-corrected chi connectivity index (χ4v) is 2.36. The number of nitrogens with zero attached hydrogens (tertiary/aromatic N) is 1. The van der Waals surface area contributed by atoms with Crippen LogP contribution in [0.25, 0.3) is 0 Å². The molecule has 0 aromatic heterocycles. The van der Waals surface area contributed by atoms with Crippen LogP contribution in [0.1, 0.15) is 30.1 Å². The highest BCUT2D eigenvalue weighted by Gasteiger charge is 2.17. The molecule has 5 nitrogen and oxygen atoms in total. The molecule has 0 unspecified atom stereocenters. The Hall–Kier alpha value is -1.75. The second-order valence-electron chi connectivity index (χ2n) is 5.67. The highest BCUT2D eigenvalue weighted by molar-refractivity contribution is 5.95. The van der Waals surface area contributed by atoms with Gasteiger partial charge < -0.3 is 19.3 Å². The summed E-state index contributed by atoms with van der Waals surface area (Å²) >= 11 is 0. The molecule has 0 aliphatic heterocycles. The van der Waals surface area contributed by atoms with Crippen LogP contribution in [0.15, 0.2) is 18.2 Å². The summed E-state index contributed by atoms with van der Waals surface area (Å²) in [6, 6.07) is 5.32. The molecule has 1 N–H and O–H groups in total. The first-order chi connectivity index (χ1) is 10.5. The number of hydrogen-bond acceptors (Lipinski definition) is 3. The number of ether oxygens (including phenoxy) is 2. The minimum atomic E-state index is 0.0524. The second-order valence-corrected chi connectivity index (χ2v) is 5.67. The maximum Gasteiger partial charge on any atom is 0.253 e. The summed E-state index contributed by atoms with van der Waals surface area (Å²) in [6.45, 7) is 4.70. The summed E-state index contributed by atoms with van der Waals surface area (Å²) in [5.41, 5.74) is 0.642. The summed E-state index contributed by atoms with van der Waals surface area (Å²) in [5, 5.41) is 0. The number of carbonyl (C=O) groups is 1. The van der Waals surface area contributed by atoms with E-state index in [2.05, 4.69) is 21.0 Å². The molecule has 0 saturated carbocycles. The number of rotatable bonds is 9. The molecule has 1 aromatic rings. The molecule has 0 aliphatic carbocycles. The average molecular weight is 309 g/mol.